The molecule has 0 spiro atoms. The summed E-state index contributed by atoms with van der Waals surface area (Å²) < 4.78 is 0. The van der Waals surface area contributed by atoms with E-state index in [1.54, 1.807) is 6.92 Å². The van der Waals surface area contributed by atoms with E-state index in [1.807, 2.05) is 0 Å². The highest BCUT2D eigenvalue weighted by atomic mass is 16.1. The van der Waals surface area contributed by atoms with E-state index in [0.717, 1.165) is 0 Å². The van der Waals surface area contributed by atoms with Gasteiger partial charge in [0.1, 0.15) is 12.6 Å². The molecule has 0 heterocycles. The summed E-state index contributed by atoms with van der Waals surface area (Å²) in [6, 6.07) is 0. The first-order chi connectivity index (χ1) is 2.81. The Labute approximate surface area is 36.2 Å². The zero-order valence-corrected chi connectivity index (χ0v) is 3.55. The molecule has 6 heavy (non-hydrogen) atoms. The number of hydrogen-bond donors (Lipinski definition) is 0. The lowest BCUT2D eigenvalue weighted by Crippen LogP contribution is -1.93. The topological polar surface area (TPSA) is 34.1 Å². The van der Waals surface area contributed by atoms with E-state index >= 15 is 0 Å². The highest BCUT2D eigenvalue weighted by Gasteiger charge is 1.89. The molecule has 0 bridgehead atoms. The van der Waals surface area contributed by atoms with Gasteiger partial charge in [-0.05, 0) is 6.92 Å². The number of carbonyl (C=O) groups is 2. The van der Waals surface area contributed by atoms with E-state index in [1.165, 1.54) is 0 Å². The van der Waals surface area contributed by atoms with Crippen LogP contribution in [0.25, 0.3) is 0 Å². The van der Waals surface area contributed by atoms with Gasteiger partial charge in [0.2, 0.25) is 0 Å². The van der Waals surface area contributed by atoms with Crippen molar-refractivity contribution in [3.63, 3.8) is 0 Å². The molecule has 0 amide bonds. The van der Waals surface area contributed by atoms with E-state index < -0.39 is 5.92 Å². The van der Waals surface area contributed by atoms with Gasteiger partial charge in [-0.25, -0.2) is 0 Å². The molecule has 34 valence electrons. The van der Waals surface area contributed by atoms with Gasteiger partial charge in [0.05, 0.1) is 5.92 Å². The molecule has 0 aliphatic heterocycles. The Morgan fingerprint density at radius 3 is 1.67 bits per heavy atom. The summed E-state index contributed by atoms with van der Waals surface area (Å²) in [7, 11) is 0. The molecule has 0 aliphatic rings. The Kier molecular flexibility index (Phi) is 2.29. The summed E-state index contributed by atoms with van der Waals surface area (Å²) in [5.41, 5.74) is 0. The molecule has 0 saturated heterocycles. The normalized spacial score (nSPS) is 8.33. The van der Waals surface area contributed by atoms with Crippen molar-refractivity contribution in [2.75, 3.05) is 0 Å². The molecule has 0 aromatic carbocycles. The molecule has 0 fully saturated rings. The Morgan fingerprint density at radius 1 is 1.33 bits per heavy atom. The third-order valence-electron chi connectivity index (χ3n) is 0.429. The van der Waals surface area contributed by atoms with Gasteiger partial charge in [-0.2, -0.15) is 0 Å². The number of aldehydes is 2. The zero-order valence-electron chi connectivity index (χ0n) is 3.55. The minimum atomic E-state index is -0.426. The minimum absolute atomic E-state index is 0.426. The summed E-state index contributed by atoms with van der Waals surface area (Å²) in [6.45, 7) is 1.54. The van der Waals surface area contributed by atoms with E-state index in [-0.39, 0.29) is 0 Å². The first-order valence-electron chi connectivity index (χ1n) is 1.72. The lowest BCUT2D eigenvalue weighted by molar-refractivity contribution is -0.118. The number of rotatable bonds is 2. The van der Waals surface area contributed by atoms with Gasteiger partial charge in [0, 0.05) is 0 Å². The highest BCUT2D eigenvalue weighted by Crippen LogP contribution is 1.75. The molecular weight excluding hydrogens is 80.0 g/mol. The van der Waals surface area contributed by atoms with Crippen LogP contribution in [0.2, 0.25) is 0 Å². The fourth-order valence-corrected chi connectivity index (χ4v) is 0.0321. The van der Waals surface area contributed by atoms with Crippen LogP contribution in [0.4, 0.5) is 0 Å². The second kappa shape index (κ2) is 2.57. The molecular formula is C4H6O2. The van der Waals surface area contributed by atoms with E-state index in [0.29, 0.717) is 12.6 Å². The van der Waals surface area contributed by atoms with Crippen LogP contribution in [0.1, 0.15) is 6.92 Å². The van der Waals surface area contributed by atoms with Gasteiger partial charge in [-0.3, -0.25) is 0 Å². The Balaban J connectivity index is 3.21. The van der Waals surface area contributed by atoms with Crippen molar-refractivity contribution in [1.29, 1.82) is 0 Å². The second-order valence-corrected chi connectivity index (χ2v) is 1.13. The van der Waals surface area contributed by atoms with Gasteiger partial charge in [-0.1, -0.05) is 0 Å². The van der Waals surface area contributed by atoms with Crippen LogP contribution in [0.15, 0.2) is 0 Å². The number of carbonyl (C=O) groups excluding carboxylic acids is 2. The Bertz CT molecular complexity index is 50.6. The van der Waals surface area contributed by atoms with Crippen molar-refractivity contribution in [3.8, 4) is 0 Å². The van der Waals surface area contributed by atoms with Crippen LogP contribution >= 0.6 is 0 Å². The van der Waals surface area contributed by atoms with Crippen LogP contribution in [0.5, 0.6) is 0 Å². The molecule has 0 radical (unpaired) electrons. The van der Waals surface area contributed by atoms with Crippen molar-refractivity contribution in [3.05, 3.63) is 0 Å². The maximum atomic E-state index is 9.50. The van der Waals surface area contributed by atoms with Crippen LogP contribution in [-0.4, -0.2) is 12.6 Å². The van der Waals surface area contributed by atoms with Crippen molar-refractivity contribution in [2.24, 2.45) is 5.92 Å². The summed E-state index contributed by atoms with van der Waals surface area (Å²) in [4.78, 5) is 19.0. The second-order valence-electron chi connectivity index (χ2n) is 1.13. The van der Waals surface area contributed by atoms with Crippen molar-refractivity contribution >= 4 is 12.6 Å². The molecule has 0 saturated carbocycles. The summed E-state index contributed by atoms with van der Waals surface area (Å²) >= 11 is 0. The van der Waals surface area contributed by atoms with Gasteiger partial charge in [0.25, 0.3) is 0 Å². The van der Waals surface area contributed by atoms with Crippen molar-refractivity contribution < 1.29 is 9.59 Å². The summed E-state index contributed by atoms with van der Waals surface area (Å²) in [5.74, 6) is -0.426. The maximum Gasteiger partial charge on any atom is 0.129 e. The maximum absolute atomic E-state index is 9.50. The summed E-state index contributed by atoms with van der Waals surface area (Å²) in [5, 5.41) is 0. The van der Waals surface area contributed by atoms with Gasteiger partial charge >= 0.3 is 0 Å². The van der Waals surface area contributed by atoms with E-state index in [9.17, 15) is 9.59 Å². The van der Waals surface area contributed by atoms with Gasteiger partial charge in [-0.15, -0.1) is 0 Å². The quantitative estimate of drug-likeness (QED) is 0.350. The van der Waals surface area contributed by atoms with Crippen LogP contribution in [-0.2, 0) is 9.59 Å². The van der Waals surface area contributed by atoms with E-state index in [2.05, 4.69) is 0 Å². The third kappa shape index (κ3) is 1.64. The third-order valence-corrected chi connectivity index (χ3v) is 0.429. The Hall–Kier alpha value is -0.660. The fourth-order valence-electron chi connectivity index (χ4n) is 0.0321. The molecule has 2 nitrogen and oxygen atoms in total. The lowest BCUT2D eigenvalue weighted by atomic mass is 10.3. The predicted octanol–water partition coefficient (Wildman–Crippen LogP) is 0.0203. The van der Waals surface area contributed by atoms with Crippen molar-refractivity contribution in [1.82, 2.24) is 0 Å². The minimum Gasteiger partial charge on any atom is -0.303 e. The monoisotopic (exact) mass is 86.0 g/mol. The fraction of sp³-hybridized carbons (Fsp3) is 0.500. The lowest BCUT2D eigenvalue weighted by Gasteiger charge is -1.78. The molecule has 0 aromatic rings. The zero-order chi connectivity index (χ0) is 4.99. The molecule has 0 unspecified atom stereocenters. The standard InChI is InChI=1S/C4H6O2/c1-4(2-5)3-6/h2-4H,1H3. The smallest absolute Gasteiger partial charge is 0.129 e. The molecule has 0 atom stereocenters. The predicted molar refractivity (Wildman–Crippen MR) is 21.3 cm³/mol. The first kappa shape index (κ1) is 5.34. The number of hydrogen-bond acceptors (Lipinski definition) is 2. The molecule has 0 aromatic heterocycles. The van der Waals surface area contributed by atoms with Crippen LogP contribution in [0.3, 0.4) is 0 Å². The molecule has 2 heteroatoms. The van der Waals surface area contributed by atoms with Crippen LogP contribution < -0.4 is 0 Å². The van der Waals surface area contributed by atoms with E-state index in [4.69, 9.17) is 0 Å². The average molecular weight is 86.1 g/mol. The average Bonchev–Trinajstić information content (AvgIpc) is 1.65. The highest BCUT2D eigenvalue weighted by molar-refractivity contribution is 5.76. The summed E-state index contributed by atoms with van der Waals surface area (Å²) in [6.07, 6.45) is 1.21. The first-order valence-corrected chi connectivity index (χ1v) is 1.72. The van der Waals surface area contributed by atoms with Gasteiger partial charge < -0.3 is 9.59 Å². The van der Waals surface area contributed by atoms with Crippen LogP contribution in [0, 0.1) is 5.92 Å². The molecule has 0 N–H and O–H groups in total. The Morgan fingerprint density at radius 2 is 1.67 bits per heavy atom. The SMILES string of the molecule is CC(C=O)C=O. The van der Waals surface area contributed by atoms with Crippen molar-refractivity contribution in [2.45, 2.75) is 6.92 Å². The molecule has 0 rings (SSSR count). The van der Waals surface area contributed by atoms with Gasteiger partial charge in [0.15, 0.2) is 0 Å². The largest absolute Gasteiger partial charge is 0.303 e. The molecule has 0 aliphatic carbocycles.